The first kappa shape index (κ1) is 13.4. The van der Waals surface area contributed by atoms with E-state index in [2.05, 4.69) is 17.0 Å². The lowest BCUT2D eigenvalue weighted by atomic mass is 9.96. The average Bonchev–Trinajstić information content (AvgIpc) is 2.49. The van der Waals surface area contributed by atoms with E-state index in [4.69, 9.17) is 9.47 Å². The van der Waals surface area contributed by atoms with E-state index in [0.29, 0.717) is 25.2 Å². The van der Waals surface area contributed by atoms with E-state index in [1.807, 2.05) is 19.1 Å². The lowest BCUT2D eigenvalue weighted by molar-refractivity contribution is -0.142. The van der Waals surface area contributed by atoms with Crippen LogP contribution in [0.1, 0.15) is 25.3 Å². The van der Waals surface area contributed by atoms with Gasteiger partial charge in [-0.05, 0) is 37.5 Å². The molecule has 0 radical (unpaired) electrons. The fourth-order valence-corrected chi connectivity index (χ4v) is 3.05. The van der Waals surface area contributed by atoms with Gasteiger partial charge in [0.1, 0.15) is 0 Å². The highest BCUT2D eigenvalue weighted by Crippen LogP contribution is 2.30. The number of esters is 1. The standard InChI is InChI=1S/C16H21NO3/c1-2-19-16(18)9-12-3-5-13(6-4-12)17-10-15-8-7-14(17)11-20-15/h3-6,14-15H,2,7-11H2,1H3/t14-,15-/m1/s1. The first-order valence-corrected chi connectivity index (χ1v) is 7.39. The van der Waals surface area contributed by atoms with E-state index in [1.54, 1.807) is 0 Å². The SMILES string of the molecule is CCOC(=O)Cc1ccc(N2C[C@H]3CC[C@@H]2CO3)cc1. The van der Waals surface area contributed by atoms with Gasteiger partial charge in [0, 0.05) is 12.2 Å². The number of morpholine rings is 1. The molecule has 4 rings (SSSR count). The van der Waals surface area contributed by atoms with Crippen molar-refractivity contribution in [2.45, 2.75) is 38.3 Å². The summed E-state index contributed by atoms with van der Waals surface area (Å²) in [5, 5.41) is 0. The molecule has 0 spiro atoms. The number of hydrogen-bond acceptors (Lipinski definition) is 4. The van der Waals surface area contributed by atoms with Crippen LogP contribution in [0.4, 0.5) is 5.69 Å². The second kappa shape index (κ2) is 5.83. The van der Waals surface area contributed by atoms with Gasteiger partial charge in [-0.25, -0.2) is 0 Å². The first-order valence-electron chi connectivity index (χ1n) is 7.39. The molecule has 1 aromatic rings. The molecule has 0 aromatic heterocycles. The second-order valence-corrected chi connectivity index (χ2v) is 5.49. The lowest BCUT2D eigenvalue weighted by Crippen LogP contribution is -2.54. The maximum Gasteiger partial charge on any atom is 0.310 e. The molecule has 3 aliphatic rings. The van der Waals surface area contributed by atoms with Gasteiger partial charge in [-0.2, -0.15) is 0 Å². The van der Waals surface area contributed by atoms with Crippen molar-refractivity contribution in [3.05, 3.63) is 29.8 Å². The van der Waals surface area contributed by atoms with Gasteiger partial charge in [-0.15, -0.1) is 0 Å². The van der Waals surface area contributed by atoms with Crippen molar-refractivity contribution in [2.75, 3.05) is 24.7 Å². The molecule has 1 aromatic carbocycles. The predicted octanol–water partition coefficient (Wildman–Crippen LogP) is 2.16. The Morgan fingerprint density at radius 2 is 2.15 bits per heavy atom. The summed E-state index contributed by atoms with van der Waals surface area (Å²) >= 11 is 0. The van der Waals surface area contributed by atoms with Crippen LogP contribution in [0.25, 0.3) is 0 Å². The van der Waals surface area contributed by atoms with Gasteiger partial charge in [-0.1, -0.05) is 12.1 Å². The zero-order chi connectivity index (χ0) is 13.9. The minimum atomic E-state index is -0.161. The normalized spacial score (nSPS) is 24.8. The van der Waals surface area contributed by atoms with Crippen LogP contribution in [-0.2, 0) is 20.7 Å². The Morgan fingerprint density at radius 3 is 2.70 bits per heavy atom. The average molecular weight is 275 g/mol. The lowest BCUT2D eigenvalue weighted by Gasteiger charge is -2.46. The summed E-state index contributed by atoms with van der Waals surface area (Å²) < 4.78 is 10.7. The van der Waals surface area contributed by atoms with Gasteiger partial charge in [0.25, 0.3) is 0 Å². The summed E-state index contributed by atoms with van der Waals surface area (Å²) in [6.45, 7) is 4.10. The van der Waals surface area contributed by atoms with Crippen LogP contribution in [0, 0.1) is 0 Å². The zero-order valence-electron chi connectivity index (χ0n) is 11.9. The van der Waals surface area contributed by atoms with E-state index >= 15 is 0 Å². The van der Waals surface area contributed by atoms with E-state index < -0.39 is 0 Å². The molecule has 3 heterocycles. The minimum Gasteiger partial charge on any atom is -0.466 e. The summed E-state index contributed by atoms with van der Waals surface area (Å²) in [5.74, 6) is -0.161. The van der Waals surface area contributed by atoms with Gasteiger partial charge >= 0.3 is 5.97 Å². The van der Waals surface area contributed by atoms with Gasteiger partial charge < -0.3 is 14.4 Å². The Morgan fingerprint density at radius 1 is 1.35 bits per heavy atom. The molecule has 3 fully saturated rings. The van der Waals surface area contributed by atoms with Crippen molar-refractivity contribution >= 4 is 11.7 Å². The highest BCUT2D eigenvalue weighted by atomic mass is 16.5. The number of ether oxygens (including phenoxy) is 2. The molecule has 3 saturated heterocycles. The molecule has 3 aliphatic heterocycles. The van der Waals surface area contributed by atoms with Crippen molar-refractivity contribution in [3.8, 4) is 0 Å². The maximum atomic E-state index is 11.5. The van der Waals surface area contributed by atoms with Gasteiger partial charge in [0.05, 0.1) is 31.8 Å². The predicted molar refractivity (Wildman–Crippen MR) is 76.9 cm³/mol. The molecule has 2 atom stereocenters. The van der Waals surface area contributed by atoms with Crippen LogP contribution < -0.4 is 4.90 Å². The van der Waals surface area contributed by atoms with E-state index in [-0.39, 0.29) is 5.97 Å². The third-order valence-corrected chi connectivity index (χ3v) is 4.11. The van der Waals surface area contributed by atoms with Crippen LogP contribution in [0.3, 0.4) is 0 Å². The summed E-state index contributed by atoms with van der Waals surface area (Å²) in [5.41, 5.74) is 2.24. The zero-order valence-corrected chi connectivity index (χ0v) is 11.9. The molecule has 0 saturated carbocycles. The highest BCUT2D eigenvalue weighted by molar-refractivity contribution is 5.72. The van der Waals surface area contributed by atoms with Crippen LogP contribution in [0.2, 0.25) is 0 Å². The van der Waals surface area contributed by atoms with Crippen molar-refractivity contribution in [3.63, 3.8) is 0 Å². The number of rotatable bonds is 4. The smallest absolute Gasteiger partial charge is 0.310 e. The van der Waals surface area contributed by atoms with Crippen LogP contribution >= 0.6 is 0 Å². The van der Waals surface area contributed by atoms with Gasteiger partial charge in [0.2, 0.25) is 0 Å². The van der Waals surface area contributed by atoms with E-state index in [1.165, 1.54) is 18.5 Å². The van der Waals surface area contributed by atoms with Crippen LogP contribution in [0.15, 0.2) is 24.3 Å². The monoisotopic (exact) mass is 275 g/mol. The molecule has 20 heavy (non-hydrogen) atoms. The fourth-order valence-electron chi connectivity index (χ4n) is 3.05. The Hall–Kier alpha value is -1.55. The van der Waals surface area contributed by atoms with Crippen molar-refractivity contribution < 1.29 is 14.3 Å². The number of hydrogen-bond donors (Lipinski definition) is 0. The largest absolute Gasteiger partial charge is 0.466 e. The molecule has 2 bridgehead atoms. The number of piperidine rings is 1. The molecule has 108 valence electrons. The number of fused-ring (bicyclic) bond motifs is 3. The second-order valence-electron chi connectivity index (χ2n) is 5.49. The Kier molecular flexibility index (Phi) is 3.92. The molecule has 0 N–H and O–H groups in total. The summed E-state index contributed by atoms with van der Waals surface area (Å²) in [4.78, 5) is 13.9. The molecule has 4 heteroatoms. The molecule has 0 unspecified atom stereocenters. The quantitative estimate of drug-likeness (QED) is 0.789. The highest BCUT2D eigenvalue weighted by Gasteiger charge is 2.34. The Bertz CT molecular complexity index is 463. The number of benzene rings is 1. The van der Waals surface area contributed by atoms with Crippen molar-refractivity contribution in [1.29, 1.82) is 0 Å². The molecule has 4 nitrogen and oxygen atoms in total. The maximum absolute atomic E-state index is 11.5. The molecule has 0 amide bonds. The van der Waals surface area contributed by atoms with Gasteiger partial charge in [-0.3, -0.25) is 4.79 Å². The third-order valence-electron chi connectivity index (χ3n) is 4.11. The number of nitrogens with zero attached hydrogens (tertiary/aromatic N) is 1. The summed E-state index contributed by atoms with van der Waals surface area (Å²) in [7, 11) is 0. The van der Waals surface area contributed by atoms with Gasteiger partial charge in [0.15, 0.2) is 0 Å². The van der Waals surface area contributed by atoms with Crippen LogP contribution in [-0.4, -0.2) is 37.9 Å². The van der Waals surface area contributed by atoms with Crippen LogP contribution in [0.5, 0.6) is 0 Å². The molecular weight excluding hydrogens is 254 g/mol. The first-order chi connectivity index (χ1) is 9.76. The summed E-state index contributed by atoms with van der Waals surface area (Å²) in [6.07, 6.45) is 3.14. The number of carbonyl (C=O) groups excluding carboxylic acids is 1. The molecular formula is C16H21NO3. The van der Waals surface area contributed by atoms with E-state index in [0.717, 1.165) is 18.7 Å². The Labute approximate surface area is 119 Å². The Balaban J connectivity index is 1.65. The van der Waals surface area contributed by atoms with Crippen molar-refractivity contribution in [2.24, 2.45) is 0 Å². The molecule has 0 aliphatic carbocycles. The minimum absolute atomic E-state index is 0.161. The number of carbonyl (C=O) groups is 1. The van der Waals surface area contributed by atoms with Crippen molar-refractivity contribution in [1.82, 2.24) is 0 Å². The fraction of sp³-hybridized carbons (Fsp3) is 0.562. The topological polar surface area (TPSA) is 38.8 Å². The number of anilines is 1. The third kappa shape index (κ3) is 2.80. The van der Waals surface area contributed by atoms with E-state index in [9.17, 15) is 4.79 Å². The summed E-state index contributed by atoms with van der Waals surface area (Å²) in [6, 6.07) is 8.77.